The van der Waals surface area contributed by atoms with Crippen LogP contribution in [0.25, 0.3) is 0 Å². The summed E-state index contributed by atoms with van der Waals surface area (Å²) in [4.78, 5) is 12.0. The van der Waals surface area contributed by atoms with Crippen LogP contribution in [0.5, 0.6) is 0 Å². The lowest BCUT2D eigenvalue weighted by Crippen LogP contribution is -2.26. The highest BCUT2D eigenvalue weighted by atomic mass is 32.2. The third-order valence-electron chi connectivity index (χ3n) is 2.48. The number of thioether (sulfide) groups is 1. The zero-order valence-electron chi connectivity index (χ0n) is 10.9. The molecule has 2 nitrogen and oxygen atoms in total. The number of amides is 1. The number of hydrogen-bond acceptors (Lipinski definition) is 2. The Bertz CT molecular complexity index is 382. The average molecular weight is 269 g/mol. The molecule has 0 fully saturated rings. The number of carbonyl (C=O) groups is 1. The Morgan fingerprint density at radius 2 is 2.11 bits per heavy atom. The molecule has 0 atom stereocenters. The van der Waals surface area contributed by atoms with Gasteiger partial charge in [0.1, 0.15) is 5.82 Å². The van der Waals surface area contributed by atoms with Crippen molar-refractivity contribution in [3.05, 3.63) is 30.1 Å². The minimum atomic E-state index is -0.268. The number of hydrogen-bond donors (Lipinski definition) is 1. The topological polar surface area (TPSA) is 29.1 Å². The average Bonchev–Trinajstić information content (AvgIpc) is 2.33. The highest BCUT2D eigenvalue weighted by Crippen LogP contribution is 2.20. The molecule has 0 aromatic heterocycles. The molecule has 0 aliphatic carbocycles. The number of halogens is 1. The summed E-state index contributed by atoms with van der Waals surface area (Å²) in [7, 11) is 0. The van der Waals surface area contributed by atoms with Crippen LogP contribution >= 0.6 is 11.8 Å². The molecule has 1 N–H and O–H groups in total. The fraction of sp³-hybridized carbons (Fsp3) is 0.500. The summed E-state index contributed by atoms with van der Waals surface area (Å²) >= 11 is 1.23. The van der Waals surface area contributed by atoms with E-state index in [0.29, 0.717) is 17.4 Å². The van der Waals surface area contributed by atoms with Crippen LogP contribution in [-0.2, 0) is 4.79 Å². The molecule has 0 saturated carbocycles. The van der Waals surface area contributed by atoms with Crippen LogP contribution in [-0.4, -0.2) is 18.2 Å². The maximum Gasteiger partial charge on any atom is 0.230 e. The Balaban J connectivity index is 2.19. The second kappa shape index (κ2) is 8.14. The van der Waals surface area contributed by atoms with Gasteiger partial charge in [0.25, 0.3) is 0 Å². The monoisotopic (exact) mass is 269 g/mol. The van der Waals surface area contributed by atoms with Gasteiger partial charge >= 0.3 is 0 Å². The van der Waals surface area contributed by atoms with Crippen LogP contribution in [0.3, 0.4) is 0 Å². The highest BCUT2D eigenvalue weighted by molar-refractivity contribution is 8.00. The van der Waals surface area contributed by atoms with Crippen molar-refractivity contribution < 1.29 is 9.18 Å². The van der Waals surface area contributed by atoms with Crippen LogP contribution in [0.15, 0.2) is 29.2 Å². The predicted molar refractivity (Wildman–Crippen MR) is 74.2 cm³/mol. The van der Waals surface area contributed by atoms with Crippen molar-refractivity contribution >= 4 is 17.7 Å². The zero-order valence-corrected chi connectivity index (χ0v) is 11.7. The van der Waals surface area contributed by atoms with E-state index >= 15 is 0 Å². The summed E-state index contributed by atoms with van der Waals surface area (Å²) in [5, 5.41) is 2.85. The summed E-state index contributed by atoms with van der Waals surface area (Å²) in [6.45, 7) is 5.03. The van der Waals surface area contributed by atoms with Gasteiger partial charge in [0.2, 0.25) is 5.91 Å². The largest absolute Gasteiger partial charge is 0.355 e. The summed E-state index contributed by atoms with van der Waals surface area (Å²) in [6, 6.07) is 6.51. The molecule has 100 valence electrons. The number of benzene rings is 1. The van der Waals surface area contributed by atoms with Gasteiger partial charge in [-0.2, -0.15) is 0 Å². The molecule has 18 heavy (non-hydrogen) atoms. The van der Waals surface area contributed by atoms with E-state index in [9.17, 15) is 9.18 Å². The first-order valence-electron chi connectivity index (χ1n) is 6.23. The lowest BCUT2D eigenvalue weighted by molar-refractivity contribution is -0.118. The van der Waals surface area contributed by atoms with Crippen LogP contribution in [0.1, 0.15) is 26.7 Å². The first kappa shape index (κ1) is 15.0. The number of rotatable bonds is 7. The van der Waals surface area contributed by atoms with E-state index in [1.165, 1.54) is 17.8 Å². The minimum Gasteiger partial charge on any atom is -0.355 e. The Morgan fingerprint density at radius 3 is 2.78 bits per heavy atom. The first-order valence-corrected chi connectivity index (χ1v) is 7.22. The summed E-state index contributed by atoms with van der Waals surface area (Å²) in [5.41, 5.74) is 0. The van der Waals surface area contributed by atoms with Crippen LogP contribution < -0.4 is 5.32 Å². The van der Waals surface area contributed by atoms with Crippen molar-refractivity contribution in [2.75, 3.05) is 12.3 Å². The van der Waals surface area contributed by atoms with Gasteiger partial charge in [0, 0.05) is 11.4 Å². The van der Waals surface area contributed by atoms with Gasteiger partial charge in [-0.15, -0.1) is 11.8 Å². The van der Waals surface area contributed by atoms with E-state index in [0.717, 1.165) is 12.8 Å². The highest BCUT2D eigenvalue weighted by Gasteiger charge is 2.05. The van der Waals surface area contributed by atoms with Crippen LogP contribution in [0.4, 0.5) is 4.39 Å². The van der Waals surface area contributed by atoms with Crippen molar-refractivity contribution in [3.63, 3.8) is 0 Å². The van der Waals surface area contributed by atoms with Crippen molar-refractivity contribution in [1.29, 1.82) is 0 Å². The standard InChI is InChI=1S/C14H20FNOS/c1-11(2)6-5-9-16-14(17)10-18-13-8-4-3-7-12(13)15/h3-4,7-8,11H,5-6,9-10H2,1-2H3,(H,16,17). The fourth-order valence-electron chi connectivity index (χ4n) is 1.49. The first-order chi connectivity index (χ1) is 8.59. The Hall–Kier alpha value is -1.03. The van der Waals surface area contributed by atoms with Crippen molar-refractivity contribution in [3.8, 4) is 0 Å². The van der Waals surface area contributed by atoms with Crippen molar-refractivity contribution in [1.82, 2.24) is 5.32 Å². The summed E-state index contributed by atoms with van der Waals surface area (Å²) in [6.07, 6.45) is 2.11. The maximum absolute atomic E-state index is 13.3. The van der Waals surface area contributed by atoms with Gasteiger partial charge < -0.3 is 5.32 Å². The Kier molecular flexibility index (Phi) is 6.80. The van der Waals surface area contributed by atoms with Gasteiger partial charge in [0.05, 0.1) is 5.75 Å². The molecule has 0 aliphatic rings. The molecule has 0 saturated heterocycles. The third kappa shape index (κ3) is 6.05. The van der Waals surface area contributed by atoms with Gasteiger partial charge in [-0.25, -0.2) is 4.39 Å². The van der Waals surface area contributed by atoms with E-state index in [-0.39, 0.29) is 17.5 Å². The molecule has 0 spiro atoms. The predicted octanol–water partition coefficient (Wildman–Crippen LogP) is 3.47. The minimum absolute atomic E-state index is 0.0352. The van der Waals surface area contributed by atoms with Crippen molar-refractivity contribution in [2.45, 2.75) is 31.6 Å². The quantitative estimate of drug-likeness (QED) is 0.606. The molecule has 1 amide bonds. The summed E-state index contributed by atoms with van der Waals surface area (Å²) in [5.74, 6) is 0.625. The molecular formula is C14H20FNOS. The summed E-state index contributed by atoms with van der Waals surface area (Å²) < 4.78 is 13.3. The second-order valence-corrected chi connectivity index (χ2v) is 5.62. The van der Waals surface area contributed by atoms with Crippen molar-refractivity contribution in [2.24, 2.45) is 5.92 Å². The molecule has 0 aliphatic heterocycles. The SMILES string of the molecule is CC(C)CCCNC(=O)CSc1ccccc1F. The molecule has 0 radical (unpaired) electrons. The molecule has 0 unspecified atom stereocenters. The third-order valence-corrected chi connectivity index (χ3v) is 3.52. The van der Waals surface area contributed by atoms with E-state index in [4.69, 9.17) is 0 Å². The van der Waals surface area contributed by atoms with E-state index in [2.05, 4.69) is 19.2 Å². The lowest BCUT2D eigenvalue weighted by Gasteiger charge is -2.07. The Morgan fingerprint density at radius 1 is 1.39 bits per heavy atom. The molecule has 0 bridgehead atoms. The molecule has 1 rings (SSSR count). The zero-order chi connectivity index (χ0) is 13.4. The molecule has 0 heterocycles. The Labute approximate surface area is 112 Å². The van der Waals surface area contributed by atoms with Gasteiger partial charge in [-0.1, -0.05) is 26.0 Å². The number of nitrogens with one attached hydrogen (secondary N) is 1. The van der Waals surface area contributed by atoms with Crippen LogP contribution in [0.2, 0.25) is 0 Å². The van der Waals surface area contributed by atoms with Gasteiger partial charge in [0.15, 0.2) is 0 Å². The smallest absolute Gasteiger partial charge is 0.230 e. The maximum atomic E-state index is 13.3. The lowest BCUT2D eigenvalue weighted by atomic mass is 10.1. The van der Waals surface area contributed by atoms with E-state index in [1.807, 2.05) is 0 Å². The van der Waals surface area contributed by atoms with Crippen LogP contribution in [0, 0.1) is 11.7 Å². The normalized spacial score (nSPS) is 10.7. The molecular weight excluding hydrogens is 249 g/mol. The molecule has 1 aromatic rings. The van der Waals surface area contributed by atoms with Gasteiger partial charge in [-0.05, 0) is 30.9 Å². The fourth-order valence-corrected chi connectivity index (χ4v) is 2.26. The number of carbonyl (C=O) groups excluding carboxylic acids is 1. The molecule has 4 heteroatoms. The van der Waals surface area contributed by atoms with E-state index in [1.54, 1.807) is 18.2 Å². The molecule has 1 aromatic carbocycles. The second-order valence-electron chi connectivity index (χ2n) is 4.61. The van der Waals surface area contributed by atoms with Gasteiger partial charge in [-0.3, -0.25) is 4.79 Å². The van der Waals surface area contributed by atoms with E-state index < -0.39 is 0 Å².